The summed E-state index contributed by atoms with van der Waals surface area (Å²) >= 11 is 0. The van der Waals surface area contributed by atoms with Gasteiger partial charge in [0.05, 0.1) is 0 Å². The maximum atomic E-state index is 10.3. The van der Waals surface area contributed by atoms with E-state index in [0.717, 1.165) is 19.1 Å². The lowest BCUT2D eigenvalue weighted by molar-refractivity contribution is -0.112. The zero-order valence-electron chi connectivity index (χ0n) is 5.55. The van der Waals surface area contributed by atoms with Crippen LogP contribution in [0.2, 0.25) is 0 Å². The smallest absolute Gasteiger partial charge is 0.124 e. The van der Waals surface area contributed by atoms with Crippen molar-refractivity contribution in [3.63, 3.8) is 0 Å². The minimum absolute atomic E-state index is 0.149. The van der Waals surface area contributed by atoms with Crippen molar-refractivity contribution in [1.29, 1.82) is 0 Å². The Morgan fingerprint density at radius 2 is 2.00 bits per heavy atom. The van der Waals surface area contributed by atoms with Gasteiger partial charge in [0.2, 0.25) is 0 Å². The van der Waals surface area contributed by atoms with Gasteiger partial charge in [0, 0.05) is 12.0 Å². The molecule has 1 aliphatic rings. The van der Waals surface area contributed by atoms with Gasteiger partial charge in [0.25, 0.3) is 0 Å². The van der Waals surface area contributed by atoms with Crippen LogP contribution in [0.5, 0.6) is 0 Å². The molecular weight excluding hydrogens is 114 g/mol. The molecule has 0 radical (unpaired) electrons. The molecule has 0 aromatic heterocycles. The summed E-state index contributed by atoms with van der Waals surface area (Å²) in [5.74, 6) is 0.152. The summed E-state index contributed by atoms with van der Waals surface area (Å²) in [7, 11) is 0. The van der Waals surface area contributed by atoms with Crippen molar-refractivity contribution in [1.82, 2.24) is 0 Å². The molecule has 1 rings (SSSR count). The van der Waals surface area contributed by atoms with E-state index in [1.54, 1.807) is 0 Å². The minimum atomic E-state index is 0.149. The van der Waals surface area contributed by atoms with Crippen LogP contribution in [0.25, 0.3) is 0 Å². The quantitative estimate of drug-likeness (QED) is 0.527. The molecule has 9 heavy (non-hydrogen) atoms. The Morgan fingerprint density at radius 3 is 2.44 bits per heavy atom. The Hall–Kier alpha value is -0.370. The van der Waals surface area contributed by atoms with Gasteiger partial charge in [-0.1, -0.05) is 12.8 Å². The molecule has 0 spiro atoms. The number of nitrogens with two attached hydrogens (primary N) is 1. The highest BCUT2D eigenvalue weighted by Gasteiger charge is 2.20. The van der Waals surface area contributed by atoms with Crippen LogP contribution >= 0.6 is 0 Å². The first kappa shape index (κ1) is 6.75. The van der Waals surface area contributed by atoms with Crippen molar-refractivity contribution >= 4 is 6.29 Å². The van der Waals surface area contributed by atoms with Crippen LogP contribution in [0.15, 0.2) is 0 Å². The van der Waals surface area contributed by atoms with Crippen molar-refractivity contribution < 1.29 is 4.79 Å². The van der Waals surface area contributed by atoms with Crippen LogP contribution in [0.4, 0.5) is 0 Å². The normalized spacial score (nSPS) is 36.1. The average molecular weight is 127 g/mol. The maximum absolute atomic E-state index is 10.3. The second kappa shape index (κ2) is 2.97. The molecule has 2 nitrogen and oxygen atoms in total. The maximum Gasteiger partial charge on any atom is 0.124 e. The molecule has 0 aromatic carbocycles. The molecule has 1 aliphatic carbocycles. The van der Waals surface area contributed by atoms with E-state index in [2.05, 4.69) is 0 Å². The van der Waals surface area contributed by atoms with Gasteiger partial charge in [-0.2, -0.15) is 0 Å². The van der Waals surface area contributed by atoms with Crippen LogP contribution < -0.4 is 5.73 Å². The second-order valence-electron chi connectivity index (χ2n) is 2.75. The van der Waals surface area contributed by atoms with Crippen LogP contribution in [0.3, 0.4) is 0 Å². The third kappa shape index (κ3) is 1.52. The van der Waals surface area contributed by atoms with E-state index in [9.17, 15) is 4.79 Å². The van der Waals surface area contributed by atoms with Crippen molar-refractivity contribution in [3.05, 3.63) is 0 Å². The zero-order valence-corrected chi connectivity index (χ0v) is 5.55. The zero-order chi connectivity index (χ0) is 6.69. The molecule has 2 N–H and O–H groups in total. The van der Waals surface area contributed by atoms with Crippen LogP contribution in [0.1, 0.15) is 25.7 Å². The Kier molecular flexibility index (Phi) is 2.22. The van der Waals surface area contributed by atoms with Crippen LogP contribution in [-0.4, -0.2) is 12.3 Å². The summed E-state index contributed by atoms with van der Waals surface area (Å²) in [4.78, 5) is 10.3. The van der Waals surface area contributed by atoms with E-state index in [0.29, 0.717) is 0 Å². The number of carbonyl (C=O) groups excluding carboxylic acids is 1. The summed E-state index contributed by atoms with van der Waals surface area (Å²) in [5.41, 5.74) is 5.66. The number of carbonyl (C=O) groups is 1. The molecule has 1 saturated carbocycles. The van der Waals surface area contributed by atoms with Crippen LogP contribution in [0, 0.1) is 5.92 Å². The average Bonchev–Trinajstić information content (AvgIpc) is 1.89. The van der Waals surface area contributed by atoms with E-state index in [4.69, 9.17) is 5.73 Å². The van der Waals surface area contributed by atoms with Crippen molar-refractivity contribution in [2.45, 2.75) is 31.7 Å². The SMILES string of the molecule is N[C@H]1CCCC[C@@H]1C=O. The first-order valence-corrected chi connectivity index (χ1v) is 3.55. The second-order valence-corrected chi connectivity index (χ2v) is 2.75. The Balaban J connectivity index is 2.38. The fraction of sp³-hybridized carbons (Fsp3) is 0.857. The van der Waals surface area contributed by atoms with Gasteiger partial charge in [0.1, 0.15) is 6.29 Å². The van der Waals surface area contributed by atoms with Crippen molar-refractivity contribution in [2.75, 3.05) is 0 Å². The van der Waals surface area contributed by atoms with Crippen molar-refractivity contribution in [3.8, 4) is 0 Å². The predicted octanol–water partition coefficient (Wildman–Crippen LogP) is 0.703. The van der Waals surface area contributed by atoms with Gasteiger partial charge in [-0.3, -0.25) is 0 Å². The lowest BCUT2D eigenvalue weighted by Crippen LogP contribution is -2.33. The molecule has 52 valence electrons. The molecule has 0 unspecified atom stereocenters. The molecule has 0 aromatic rings. The summed E-state index contributed by atoms with van der Waals surface area (Å²) in [5, 5.41) is 0. The topological polar surface area (TPSA) is 43.1 Å². The van der Waals surface area contributed by atoms with Crippen LogP contribution in [-0.2, 0) is 4.79 Å². The molecule has 2 atom stereocenters. The lowest BCUT2D eigenvalue weighted by atomic mass is 9.86. The summed E-state index contributed by atoms with van der Waals surface area (Å²) < 4.78 is 0. The van der Waals surface area contributed by atoms with E-state index in [1.165, 1.54) is 12.8 Å². The van der Waals surface area contributed by atoms with E-state index in [-0.39, 0.29) is 12.0 Å². The van der Waals surface area contributed by atoms with Crippen molar-refractivity contribution in [2.24, 2.45) is 11.7 Å². The molecule has 0 aliphatic heterocycles. The number of hydrogen-bond acceptors (Lipinski definition) is 2. The first-order chi connectivity index (χ1) is 4.34. The molecule has 1 fully saturated rings. The fourth-order valence-corrected chi connectivity index (χ4v) is 1.36. The predicted molar refractivity (Wildman–Crippen MR) is 36.0 cm³/mol. The highest BCUT2D eigenvalue weighted by molar-refractivity contribution is 5.54. The van der Waals surface area contributed by atoms with Gasteiger partial charge in [-0.05, 0) is 12.8 Å². The molecule has 2 heteroatoms. The van der Waals surface area contributed by atoms with Gasteiger partial charge in [0.15, 0.2) is 0 Å². The Labute approximate surface area is 55.4 Å². The number of aldehydes is 1. The highest BCUT2D eigenvalue weighted by Crippen LogP contribution is 2.20. The fourth-order valence-electron chi connectivity index (χ4n) is 1.36. The summed E-state index contributed by atoms with van der Waals surface area (Å²) in [6.45, 7) is 0. The largest absolute Gasteiger partial charge is 0.327 e. The Morgan fingerprint density at radius 1 is 1.33 bits per heavy atom. The third-order valence-electron chi connectivity index (χ3n) is 2.05. The molecular formula is C7H13NO. The van der Waals surface area contributed by atoms with Gasteiger partial charge in [-0.25, -0.2) is 0 Å². The Bertz CT molecular complexity index is 103. The van der Waals surface area contributed by atoms with Gasteiger partial charge in [-0.15, -0.1) is 0 Å². The molecule has 0 saturated heterocycles. The van der Waals surface area contributed by atoms with Gasteiger partial charge >= 0.3 is 0 Å². The van der Waals surface area contributed by atoms with E-state index < -0.39 is 0 Å². The monoisotopic (exact) mass is 127 g/mol. The number of hydrogen-bond donors (Lipinski definition) is 1. The summed E-state index contributed by atoms with van der Waals surface area (Å²) in [6.07, 6.45) is 5.42. The molecule has 0 heterocycles. The van der Waals surface area contributed by atoms with E-state index in [1.807, 2.05) is 0 Å². The minimum Gasteiger partial charge on any atom is -0.327 e. The third-order valence-corrected chi connectivity index (χ3v) is 2.05. The number of rotatable bonds is 1. The summed E-state index contributed by atoms with van der Waals surface area (Å²) in [6, 6.07) is 0.149. The van der Waals surface area contributed by atoms with Gasteiger partial charge < -0.3 is 10.5 Å². The molecule has 0 amide bonds. The standard InChI is InChI=1S/C7H13NO/c8-7-4-2-1-3-6(7)5-9/h5-7H,1-4,8H2/t6-,7+/m1/s1. The highest BCUT2D eigenvalue weighted by atomic mass is 16.1. The lowest BCUT2D eigenvalue weighted by Gasteiger charge is -2.23. The molecule has 0 bridgehead atoms. The van der Waals surface area contributed by atoms with E-state index >= 15 is 0 Å². The first-order valence-electron chi connectivity index (χ1n) is 3.55.